The zero-order chi connectivity index (χ0) is 8.72. The third kappa shape index (κ3) is 0.937. The number of hydrogen-bond donors (Lipinski definition) is 3. The van der Waals surface area contributed by atoms with Crippen LogP contribution < -0.4 is 5.69 Å². The fourth-order valence-corrected chi connectivity index (χ4v) is 1.38. The number of hydrogen-bond acceptors (Lipinski definition) is 3. The Kier molecular flexibility index (Phi) is 1.47. The molecule has 2 aromatic rings. The Bertz CT molecular complexity index is 485. The zero-order valence-corrected chi connectivity index (χ0v) is 7.27. The lowest BCUT2D eigenvalue weighted by molar-refractivity contribution is 1.06. The van der Waals surface area contributed by atoms with Crippen molar-refractivity contribution in [3.05, 3.63) is 22.4 Å². The summed E-state index contributed by atoms with van der Waals surface area (Å²) in [5.41, 5.74) is 1.90. The van der Waals surface area contributed by atoms with Gasteiger partial charge in [-0.25, -0.2) is 4.79 Å². The maximum Gasteiger partial charge on any atom is 0.345 e. The highest BCUT2D eigenvalue weighted by Crippen LogP contribution is 2.18. The summed E-state index contributed by atoms with van der Waals surface area (Å²) in [6.45, 7) is 1.81. The van der Waals surface area contributed by atoms with E-state index in [2.05, 4.69) is 27.6 Å². The van der Waals surface area contributed by atoms with Gasteiger partial charge in [0, 0.05) is 16.8 Å². The molecule has 2 N–H and O–H groups in total. The van der Waals surface area contributed by atoms with Crippen molar-refractivity contribution in [3.63, 3.8) is 0 Å². The molecular weight excluding hydrogens is 174 g/mol. The lowest BCUT2D eigenvalue weighted by Crippen LogP contribution is -2.10. The van der Waals surface area contributed by atoms with Gasteiger partial charge < -0.3 is 9.97 Å². The molecule has 0 spiro atoms. The van der Waals surface area contributed by atoms with E-state index in [0.29, 0.717) is 10.4 Å². The van der Waals surface area contributed by atoms with Crippen molar-refractivity contribution >= 4 is 23.7 Å². The van der Waals surface area contributed by atoms with Crippen molar-refractivity contribution in [2.75, 3.05) is 0 Å². The van der Waals surface area contributed by atoms with Crippen LogP contribution in [0, 0.1) is 6.92 Å². The minimum Gasteiger partial charge on any atom is -0.357 e. The summed E-state index contributed by atoms with van der Waals surface area (Å²) in [4.78, 5) is 21.0. The van der Waals surface area contributed by atoms with Crippen LogP contribution in [0.25, 0.3) is 11.0 Å². The SMILES string of the molecule is Cc1[nH]c(=O)nc2c(S)c[nH]c12. The molecule has 0 radical (unpaired) electrons. The molecule has 0 bridgehead atoms. The molecule has 2 heterocycles. The molecule has 2 rings (SSSR count). The molecule has 2 aromatic heterocycles. The molecule has 0 aliphatic heterocycles. The lowest BCUT2D eigenvalue weighted by Gasteiger charge is -1.93. The highest BCUT2D eigenvalue weighted by molar-refractivity contribution is 7.80. The standard InChI is InChI=1S/C7H7N3OS/c1-3-5-6(4(12)2-8-5)10-7(11)9-3/h2,8,12H,1H3,(H,9,10,11). The van der Waals surface area contributed by atoms with Crippen LogP contribution >= 0.6 is 12.6 Å². The molecule has 0 aromatic carbocycles. The number of rotatable bonds is 0. The molecule has 0 saturated carbocycles. The normalized spacial score (nSPS) is 10.8. The fourth-order valence-electron chi connectivity index (χ4n) is 1.16. The Morgan fingerprint density at radius 3 is 3.08 bits per heavy atom. The van der Waals surface area contributed by atoms with E-state index in [0.717, 1.165) is 11.2 Å². The first kappa shape index (κ1) is 7.42. The van der Waals surface area contributed by atoms with Crippen molar-refractivity contribution in [1.29, 1.82) is 0 Å². The topological polar surface area (TPSA) is 61.5 Å². The second-order valence-corrected chi connectivity index (χ2v) is 3.05. The van der Waals surface area contributed by atoms with Crippen LogP contribution in [0.3, 0.4) is 0 Å². The minimum absolute atomic E-state index is 0.338. The summed E-state index contributed by atoms with van der Waals surface area (Å²) in [6, 6.07) is 0. The number of H-pyrrole nitrogens is 2. The van der Waals surface area contributed by atoms with Crippen LogP contribution in [0.2, 0.25) is 0 Å². The third-order valence-corrected chi connectivity index (χ3v) is 2.06. The van der Waals surface area contributed by atoms with Crippen LogP contribution in [0.4, 0.5) is 0 Å². The predicted molar refractivity (Wildman–Crippen MR) is 48.7 cm³/mol. The van der Waals surface area contributed by atoms with E-state index < -0.39 is 0 Å². The van der Waals surface area contributed by atoms with E-state index in [1.54, 1.807) is 6.20 Å². The Morgan fingerprint density at radius 1 is 1.58 bits per heavy atom. The summed E-state index contributed by atoms with van der Waals surface area (Å²) in [6.07, 6.45) is 1.71. The second-order valence-electron chi connectivity index (χ2n) is 2.56. The molecule has 0 aliphatic rings. The summed E-state index contributed by atoms with van der Waals surface area (Å²) < 4.78 is 0. The Morgan fingerprint density at radius 2 is 2.33 bits per heavy atom. The van der Waals surface area contributed by atoms with E-state index >= 15 is 0 Å². The molecule has 0 unspecified atom stereocenters. The molecule has 62 valence electrons. The summed E-state index contributed by atoms with van der Waals surface area (Å²) in [5, 5.41) is 0. The van der Waals surface area contributed by atoms with Crippen LogP contribution in [0.5, 0.6) is 0 Å². The van der Waals surface area contributed by atoms with E-state index in [1.807, 2.05) is 6.92 Å². The molecule has 5 heteroatoms. The highest BCUT2D eigenvalue weighted by atomic mass is 32.1. The molecule has 12 heavy (non-hydrogen) atoms. The number of thiol groups is 1. The molecule has 0 atom stereocenters. The second kappa shape index (κ2) is 2.38. The first-order valence-corrected chi connectivity index (χ1v) is 3.90. The minimum atomic E-state index is -0.338. The smallest absolute Gasteiger partial charge is 0.345 e. The quantitative estimate of drug-likeness (QED) is 0.527. The van der Waals surface area contributed by atoms with Crippen LogP contribution in [-0.4, -0.2) is 15.0 Å². The highest BCUT2D eigenvalue weighted by Gasteiger charge is 2.04. The molecule has 0 amide bonds. The van der Waals surface area contributed by atoms with Crippen LogP contribution in [-0.2, 0) is 0 Å². The third-order valence-electron chi connectivity index (χ3n) is 1.72. The van der Waals surface area contributed by atoms with Crippen molar-refractivity contribution in [2.45, 2.75) is 11.8 Å². The molecular formula is C7H7N3OS. The first-order chi connectivity index (χ1) is 5.68. The van der Waals surface area contributed by atoms with Crippen LogP contribution in [0.15, 0.2) is 15.9 Å². The Hall–Kier alpha value is -1.23. The van der Waals surface area contributed by atoms with Gasteiger partial charge in [-0.3, -0.25) is 0 Å². The van der Waals surface area contributed by atoms with Gasteiger partial charge >= 0.3 is 5.69 Å². The van der Waals surface area contributed by atoms with Gasteiger partial charge in [-0.05, 0) is 6.92 Å². The average molecular weight is 181 g/mol. The number of fused-ring (bicyclic) bond motifs is 1. The van der Waals surface area contributed by atoms with Gasteiger partial charge in [-0.15, -0.1) is 12.6 Å². The van der Waals surface area contributed by atoms with Crippen LogP contribution in [0.1, 0.15) is 5.69 Å². The van der Waals surface area contributed by atoms with Gasteiger partial charge in [0.2, 0.25) is 0 Å². The fraction of sp³-hybridized carbons (Fsp3) is 0.143. The summed E-state index contributed by atoms with van der Waals surface area (Å²) in [5.74, 6) is 0. The lowest BCUT2D eigenvalue weighted by atomic mass is 10.3. The van der Waals surface area contributed by atoms with Gasteiger partial charge in [0.1, 0.15) is 5.52 Å². The Balaban J connectivity index is 3.02. The van der Waals surface area contributed by atoms with Gasteiger partial charge in [0.25, 0.3) is 0 Å². The maximum absolute atomic E-state index is 10.9. The molecule has 4 nitrogen and oxygen atoms in total. The average Bonchev–Trinajstić information content (AvgIpc) is 2.33. The van der Waals surface area contributed by atoms with E-state index in [4.69, 9.17) is 0 Å². The largest absolute Gasteiger partial charge is 0.357 e. The van der Waals surface area contributed by atoms with E-state index in [9.17, 15) is 4.79 Å². The monoisotopic (exact) mass is 181 g/mol. The van der Waals surface area contributed by atoms with Crippen molar-refractivity contribution < 1.29 is 0 Å². The number of nitrogens with zero attached hydrogens (tertiary/aromatic N) is 1. The number of aromatic amines is 2. The van der Waals surface area contributed by atoms with Crippen molar-refractivity contribution in [1.82, 2.24) is 15.0 Å². The summed E-state index contributed by atoms with van der Waals surface area (Å²) in [7, 11) is 0. The molecule has 0 fully saturated rings. The number of aromatic nitrogens is 3. The zero-order valence-electron chi connectivity index (χ0n) is 6.38. The summed E-state index contributed by atoms with van der Waals surface area (Å²) >= 11 is 4.15. The number of aryl methyl sites for hydroxylation is 1. The maximum atomic E-state index is 10.9. The van der Waals surface area contributed by atoms with Gasteiger partial charge in [0.05, 0.1) is 5.52 Å². The Labute approximate surface area is 73.4 Å². The van der Waals surface area contributed by atoms with Crippen molar-refractivity contribution in [3.8, 4) is 0 Å². The predicted octanol–water partition coefficient (Wildman–Crippen LogP) is 0.848. The van der Waals surface area contributed by atoms with E-state index in [1.165, 1.54) is 0 Å². The van der Waals surface area contributed by atoms with Crippen molar-refractivity contribution in [2.24, 2.45) is 0 Å². The van der Waals surface area contributed by atoms with Gasteiger partial charge in [-0.2, -0.15) is 4.98 Å². The van der Waals surface area contributed by atoms with E-state index in [-0.39, 0.29) is 5.69 Å². The van der Waals surface area contributed by atoms with Gasteiger partial charge in [-0.1, -0.05) is 0 Å². The molecule has 0 aliphatic carbocycles. The first-order valence-electron chi connectivity index (χ1n) is 3.45. The van der Waals surface area contributed by atoms with Gasteiger partial charge in [0.15, 0.2) is 0 Å². The number of nitrogens with one attached hydrogen (secondary N) is 2. The molecule has 0 saturated heterocycles.